The number of benzene rings is 1. The number of H-pyrrole nitrogens is 1. The number of nitrogen functional groups attached to an aromatic ring is 1. The maximum absolute atomic E-state index is 11.2. The van der Waals surface area contributed by atoms with Gasteiger partial charge in [0.15, 0.2) is 11.6 Å². The first-order chi connectivity index (χ1) is 8.40. The van der Waals surface area contributed by atoms with Crippen molar-refractivity contribution in [2.75, 3.05) is 5.73 Å². The summed E-state index contributed by atoms with van der Waals surface area (Å²) in [6.07, 6.45) is 0. The monoisotopic (exact) mass is 245 g/mol. The number of hydrogen-bond acceptors (Lipinski definition) is 3. The maximum atomic E-state index is 11.2. The Kier molecular flexibility index (Phi) is 2.82. The van der Waals surface area contributed by atoms with Crippen molar-refractivity contribution in [3.8, 4) is 11.3 Å². The minimum absolute atomic E-state index is 0.0301. The Labute approximate surface area is 105 Å². The molecule has 18 heavy (non-hydrogen) atoms. The van der Waals surface area contributed by atoms with Gasteiger partial charge in [0.2, 0.25) is 0 Å². The van der Waals surface area contributed by atoms with Gasteiger partial charge in [0.1, 0.15) is 5.69 Å². The summed E-state index contributed by atoms with van der Waals surface area (Å²) in [5.41, 5.74) is 9.92. The Morgan fingerprint density at radius 1 is 1.28 bits per heavy atom. The summed E-state index contributed by atoms with van der Waals surface area (Å²) in [5.74, 6) is -0.949. The van der Waals surface area contributed by atoms with Crippen LogP contribution in [0.2, 0.25) is 0 Å². The molecule has 2 aromatic rings. The Bertz CT molecular complexity index is 606. The first kappa shape index (κ1) is 12.2. The molecule has 0 aliphatic rings. The van der Waals surface area contributed by atoms with Crippen molar-refractivity contribution < 1.29 is 9.90 Å². The van der Waals surface area contributed by atoms with E-state index in [1.54, 1.807) is 0 Å². The summed E-state index contributed by atoms with van der Waals surface area (Å²) < 4.78 is 0. The second-order valence-electron chi connectivity index (χ2n) is 4.42. The lowest BCUT2D eigenvalue weighted by Crippen LogP contribution is -2.01. The van der Waals surface area contributed by atoms with Gasteiger partial charge in [-0.15, -0.1) is 0 Å². The molecule has 0 spiro atoms. The molecule has 4 N–H and O–H groups in total. The number of nitrogens with zero attached hydrogens (tertiary/aromatic N) is 1. The van der Waals surface area contributed by atoms with Crippen LogP contribution in [0.5, 0.6) is 0 Å². The number of carbonyl (C=O) groups is 1. The van der Waals surface area contributed by atoms with E-state index < -0.39 is 5.97 Å². The standard InChI is InChI=1S/C13H15N3O2/c1-6-4-7(2)9(8(3)5-6)10-11(12(17)18)16-13(14)15-10/h4-5H,1-3H3,(H,17,18)(H3,14,15,16). The van der Waals surface area contributed by atoms with Crippen molar-refractivity contribution in [3.05, 3.63) is 34.5 Å². The van der Waals surface area contributed by atoms with E-state index in [1.807, 2.05) is 32.9 Å². The van der Waals surface area contributed by atoms with Gasteiger partial charge in [-0.3, -0.25) is 0 Å². The lowest BCUT2D eigenvalue weighted by atomic mass is 9.96. The molecule has 2 rings (SSSR count). The van der Waals surface area contributed by atoms with Gasteiger partial charge in [0.05, 0.1) is 0 Å². The van der Waals surface area contributed by atoms with Crippen LogP contribution in [0, 0.1) is 20.8 Å². The van der Waals surface area contributed by atoms with Gasteiger partial charge in [-0.1, -0.05) is 17.7 Å². The van der Waals surface area contributed by atoms with Crippen LogP contribution in [0.1, 0.15) is 27.2 Å². The highest BCUT2D eigenvalue weighted by Crippen LogP contribution is 2.30. The maximum Gasteiger partial charge on any atom is 0.354 e. The predicted octanol–water partition coefficient (Wildman–Crippen LogP) is 2.28. The molecule has 5 nitrogen and oxygen atoms in total. The fraction of sp³-hybridized carbons (Fsp3) is 0.231. The quantitative estimate of drug-likeness (QED) is 0.756. The lowest BCUT2D eigenvalue weighted by Gasteiger charge is -2.09. The normalized spacial score (nSPS) is 10.6. The number of carboxylic acids is 1. The van der Waals surface area contributed by atoms with Crippen molar-refractivity contribution in [2.24, 2.45) is 0 Å². The summed E-state index contributed by atoms with van der Waals surface area (Å²) in [7, 11) is 0. The number of anilines is 1. The number of aromatic amines is 1. The molecule has 1 heterocycles. The number of imidazole rings is 1. The summed E-state index contributed by atoms with van der Waals surface area (Å²) >= 11 is 0. The van der Waals surface area contributed by atoms with Gasteiger partial charge in [0.25, 0.3) is 0 Å². The largest absolute Gasteiger partial charge is 0.477 e. The molecule has 5 heteroatoms. The average Bonchev–Trinajstić information content (AvgIpc) is 2.58. The first-order valence-corrected chi connectivity index (χ1v) is 5.57. The van der Waals surface area contributed by atoms with Gasteiger partial charge >= 0.3 is 5.97 Å². The van der Waals surface area contributed by atoms with E-state index in [0.717, 1.165) is 22.3 Å². The summed E-state index contributed by atoms with van der Waals surface area (Å²) in [6.45, 7) is 5.87. The number of nitrogens with one attached hydrogen (secondary N) is 1. The topological polar surface area (TPSA) is 92.0 Å². The van der Waals surface area contributed by atoms with Gasteiger partial charge in [-0.2, -0.15) is 0 Å². The van der Waals surface area contributed by atoms with E-state index in [2.05, 4.69) is 9.97 Å². The molecule has 94 valence electrons. The number of aromatic carboxylic acids is 1. The molecular weight excluding hydrogens is 230 g/mol. The van der Waals surface area contributed by atoms with E-state index in [9.17, 15) is 4.79 Å². The van der Waals surface area contributed by atoms with Crippen molar-refractivity contribution >= 4 is 11.9 Å². The van der Waals surface area contributed by atoms with E-state index in [-0.39, 0.29) is 11.6 Å². The molecule has 0 radical (unpaired) electrons. The summed E-state index contributed by atoms with van der Waals surface area (Å²) in [4.78, 5) is 17.8. The third-order valence-corrected chi connectivity index (χ3v) is 2.85. The molecule has 0 aliphatic carbocycles. The van der Waals surface area contributed by atoms with Crippen LogP contribution in [0.4, 0.5) is 5.95 Å². The molecule has 0 aliphatic heterocycles. The van der Waals surface area contributed by atoms with E-state index >= 15 is 0 Å². The van der Waals surface area contributed by atoms with Crippen LogP contribution < -0.4 is 5.73 Å². The van der Waals surface area contributed by atoms with Gasteiger partial charge in [0, 0.05) is 5.56 Å². The van der Waals surface area contributed by atoms with Crippen LogP contribution >= 0.6 is 0 Å². The van der Waals surface area contributed by atoms with Crippen LogP contribution in [0.3, 0.4) is 0 Å². The Morgan fingerprint density at radius 2 is 1.83 bits per heavy atom. The zero-order valence-corrected chi connectivity index (χ0v) is 10.5. The fourth-order valence-electron chi connectivity index (χ4n) is 2.28. The number of hydrogen-bond donors (Lipinski definition) is 3. The molecule has 0 saturated heterocycles. The highest BCUT2D eigenvalue weighted by Gasteiger charge is 2.20. The average molecular weight is 245 g/mol. The molecule has 1 aromatic heterocycles. The molecule has 0 amide bonds. The van der Waals surface area contributed by atoms with Crippen molar-refractivity contribution in [1.29, 1.82) is 0 Å². The van der Waals surface area contributed by atoms with Crippen molar-refractivity contribution in [1.82, 2.24) is 9.97 Å². The lowest BCUT2D eigenvalue weighted by molar-refractivity contribution is 0.0692. The van der Waals surface area contributed by atoms with Crippen LogP contribution in [0.15, 0.2) is 12.1 Å². The highest BCUT2D eigenvalue weighted by molar-refractivity contribution is 5.94. The zero-order valence-electron chi connectivity index (χ0n) is 10.5. The number of aromatic nitrogens is 2. The van der Waals surface area contributed by atoms with Gasteiger partial charge < -0.3 is 15.8 Å². The third-order valence-electron chi connectivity index (χ3n) is 2.85. The number of rotatable bonds is 2. The molecule has 0 saturated carbocycles. The van der Waals surface area contributed by atoms with Crippen molar-refractivity contribution in [2.45, 2.75) is 20.8 Å². The molecule has 0 fully saturated rings. The molecule has 0 unspecified atom stereocenters. The number of nitrogens with two attached hydrogens (primary N) is 1. The number of carboxylic acid groups (broad SMARTS) is 1. The van der Waals surface area contributed by atoms with Gasteiger partial charge in [-0.25, -0.2) is 9.78 Å². The SMILES string of the molecule is Cc1cc(C)c(-c2nc(N)[nH]c2C(=O)O)c(C)c1. The van der Waals surface area contributed by atoms with Crippen molar-refractivity contribution in [3.63, 3.8) is 0 Å². The molecule has 1 aromatic carbocycles. The second-order valence-corrected chi connectivity index (χ2v) is 4.42. The Hall–Kier alpha value is -2.30. The number of aryl methyl sites for hydroxylation is 3. The van der Waals surface area contributed by atoms with Gasteiger partial charge in [-0.05, 0) is 31.9 Å². The van der Waals surface area contributed by atoms with E-state index in [0.29, 0.717) is 5.69 Å². The third kappa shape index (κ3) is 1.95. The minimum Gasteiger partial charge on any atom is -0.477 e. The predicted molar refractivity (Wildman–Crippen MR) is 69.6 cm³/mol. The summed E-state index contributed by atoms with van der Waals surface area (Å²) in [5, 5.41) is 9.15. The van der Waals surface area contributed by atoms with Crippen LogP contribution in [-0.2, 0) is 0 Å². The fourth-order valence-corrected chi connectivity index (χ4v) is 2.28. The zero-order chi connectivity index (χ0) is 13.4. The molecule has 0 bridgehead atoms. The van der Waals surface area contributed by atoms with Crippen LogP contribution in [0.25, 0.3) is 11.3 Å². The first-order valence-electron chi connectivity index (χ1n) is 5.57. The van der Waals surface area contributed by atoms with E-state index in [1.165, 1.54) is 0 Å². The minimum atomic E-state index is -1.06. The highest BCUT2D eigenvalue weighted by atomic mass is 16.4. The Morgan fingerprint density at radius 3 is 2.33 bits per heavy atom. The second kappa shape index (κ2) is 4.18. The van der Waals surface area contributed by atoms with Crippen LogP contribution in [-0.4, -0.2) is 21.0 Å². The molecule has 0 atom stereocenters. The smallest absolute Gasteiger partial charge is 0.354 e. The Balaban J connectivity index is 2.73. The van der Waals surface area contributed by atoms with E-state index in [4.69, 9.17) is 10.8 Å². The molecular formula is C13H15N3O2. The summed E-state index contributed by atoms with van der Waals surface area (Å²) in [6, 6.07) is 4.00.